The van der Waals surface area contributed by atoms with Crippen LogP contribution in [0, 0.1) is 5.82 Å². The monoisotopic (exact) mass is 527 g/mol. The second-order valence-electron chi connectivity index (χ2n) is 9.01. The largest absolute Gasteiger partial charge is 0.505 e. The van der Waals surface area contributed by atoms with E-state index < -0.39 is 22.8 Å². The maximum absolute atomic E-state index is 14.5. The van der Waals surface area contributed by atoms with E-state index >= 15 is 0 Å². The van der Waals surface area contributed by atoms with Gasteiger partial charge in [-0.2, -0.15) is 0 Å². The normalized spacial score (nSPS) is 12.6. The Hall–Kier alpha value is -4.30. The quantitative estimate of drug-likeness (QED) is 0.304. The van der Waals surface area contributed by atoms with Crippen molar-refractivity contribution in [3.63, 3.8) is 0 Å². The summed E-state index contributed by atoms with van der Waals surface area (Å²) in [6, 6.07) is 20.6. The van der Waals surface area contributed by atoms with E-state index in [1.807, 2.05) is 6.07 Å². The Morgan fingerprint density at radius 2 is 1.82 bits per heavy atom. The van der Waals surface area contributed by atoms with Crippen LogP contribution in [0.1, 0.15) is 17.5 Å². The van der Waals surface area contributed by atoms with Crippen molar-refractivity contribution in [1.82, 2.24) is 4.57 Å². The van der Waals surface area contributed by atoms with E-state index in [2.05, 4.69) is 0 Å². The van der Waals surface area contributed by atoms with Crippen molar-refractivity contribution >= 4 is 22.7 Å². The van der Waals surface area contributed by atoms with Crippen LogP contribution in [0.2, 0.25) is 0 Å². The lowest BCUT2D eigenvalue weighted by molar-refractivity contribution is 0.413. The minimum absolute atomic E-state index is 0.0341. The predicted molar refractivity (Wildman–Crippen MR) is 144 cm³/mol. The zero-order valence-electron chi connectivity index (χ0n) is 20.4. The Labute approximate surface area is 220 Å². The van der Waals surface area contributed by atoms with Gasteiger partial charge in [-0.25, -0.2) is 9.18 Å². The summed E-state index contributed by atoms with van der Waals surface area (Å²) in [5, 5.41) is 11.3. The number of aromatic nitrogens is 1. The second-order valence-corrected chi connectivity index (χ2v) is 10.1. The molecule has 0 spiro atoms. The van der Waals surface area contributed by atoms with E-state index in [4.69, 9.17) is 9.15 Å². The molecule has 0 saturated heterocycles. The zero-order valence-corrected chi connectivity index (χ0v) is 21.2. The Morgan fingerprint density at radius 1 is 1.00 bits per heavy atom. The third-order valence-corrected chi connectivity index (χ3v) is 7.79. The highest BCUT2D eigenvalue weighted by Gasteiger charge is 2.29. The molecule has 8 heteroatoms. The first kappa shape index (κ1) is 24.1. The van der Waals surface area contributed by atoms with Gasteiger partial charge in [0, 0.05) is 21.7 Å². The summed E-state index contributed by atoms with van der Waals surface area (Å²) in [6.45, 7) is 0. The van der Waals surface area contributed by atoms with Crippen molar-refractivity contribution < 1.29 is 18.7 Å². The van der Waals surface area contributed by atoms with Crippen LogP contribution in [0.5, 0.6) is 11.5 Å². The molecule has 6 nitrogen and oxygen atoms in total. The molecular formula is C30H22FNO5S. The minimum Gasteiger partial charge on any atom is -0.505 e. The second kappa shape index (κ2) is 9.54. The fraction of sp³-hybridized carbons (Fsp3) is 0.133. The Kier molecular flexibility index (Phi) is 6.04. The van der Waals surface area contributed by atoms with Gasteiger partial charge >= 0.3 is 5.63 Å². The molecule has 1 aliphatic carbocycles. The molecule has 190 valence electrons. The number of nitrogens with zero attached hydrogens (tertiary/aromatic N) is 1. The molecule has 0 fully saturated rings. The van der Waals surface area contributed by atoms with Crippen LogP contribution < -0.4 is 15.9 Å². The molecule has 0 radical (unpaired) electrons. The average Bonchev–Trinajstić information content (AvgIpc) is 3.11. The molecule has 0 bridgehead atoms. The van der Waals surface area contributed by atoms with Gasteiger partial charge in [0.15, 0.2) is 11.3 Å². The number of rotatable bonds is 4. The van der Waals surface area contributed by atoms with E-state index in [1.165, 1.54) is 23.8 Å². The number of methoxy groups -OCH3 is 1. The summed E-state index contributed by atoms with van der Waals surface area (Å²) in [5.41, 5.74) is 1.78. The summed E-state index contributed by atoms with van der Waals surface area (Å²) in [6.07, 6.45) is 1.83. The summed E-state index contributed by atoms with van der Waals surface area (Å²) in [5.74, 6) is -0.286. The number of hydrogen-bond donors (Lipinski definition) is 1. The summed E-state index contributed by atoms with van der Waals surface area (Å²) < 4.78 is 27.0. The number of pyridine rings is 1. The van der Waals surface area contributed by atoms with Crippen LogP contribution in [0.25, 0.3) is 27.9 Å². The predicted octanol–water partition coefficient (Wildman–Crippen LogP) is 6.10. The highest BCUT2D eigenvalue weighted by atomic mass is 32.2. The zero-order chi connectivity index (χ0) is 26.4. The number of ether oxygens (including phenoxy) is 1. The number of para-hydroxylation sites is 1. The summed E-state index contributed by atoms with van der Waals surface area (Å²) in [7, 11) is 1.54. The molecule has 6 rings (SSSR count). The van der Waals surface area contributed by atoms with Gasteiger partial charge in [0.25, 0.3) is 5.56 Å². The van der Waals surface area contributed by atoms with E-state index in [-0.39, 0.29) is 15.9 Å². The smallest absolute Gasteiger partial charge is 0.354 e. The molecule has 38 heavy (non-hydrogen) atoms. The molecule has 0 atom stereocenters. The number of aryl methyl sites for hydroxylation is 2. The number of aromatic hydroxyl groups is 1. The molecule has 0 amide bonds. The van der Waals surface area contributed by atoms with Crippen LogP contribution in [-0.2, 0) is 12.8 Å². The van der Waals surface area contributed by atoms with Crippen molar-refractivity contribution in [3.05, 3.63) is 111 Å². The number of halogens is 1. The van der Waals surface area contributed by atoms with Crippen molar-refractivity contribution in [2.24, 2.45) is 0 Å². The van der Waals surface area contributed by atoms with Crippen LogP contribution in [0.3, 0.4) is 0 Å². The third-order valence-electron chi connectivity index (χ3n) is 6.74. The number of hydrogen-bond acceptors (Lipinski definition) is 6. The van der Waals surface area contributed by atoms with Crippen molar-refractivity contribution in [2.75, 3.05) is 7.11 Å². The Morgan fingerprint density at radius 3 is 2.61 bits per heavy atom. The molecule has 5 aromatic rings. The standard InChI is InChI=1S/C30H22FNO5S/c1-36-20-10-6-11-21(16-20)38-28-26(33)24-27(37-30(28)35)22-12-5-7-17-13-14-18(31)15-23(17)25(22)32(29(24)34)19-8-3-2-4-9-19/h2-4,6,8-11,13-16,33H,5,7,12H2,1H3. The van der Waals surface area contributed by atoms with Gasteiger partial charge in [-0.05, 0) is 67.3 Å². The van der Waals surface area contributed by atoms with E-state index in [0.717, 1.165) is 17.3 Å². The van der Waals surface area contributed by atoms with Gasteiger partial charge in [0.1, 0.15) is 21.8 Å². The Balaban J connectivity index is 1.70. The molecular weight excluding hydrogens is 505 g/mol. The third kappa shape index (κ3) is 3.97. The lowest BCUT2D eigenvalue weighted by atomic mass is 9.99. The van der Waals surface area contributed by atoms with Crippen LogP contribution in [-0.4, -0.2) is 16.8 Å². The highest BCUT2D eigenvalue weighted by Crippen LogP contribution is 2.41. The molecule has 3 aromatic carbocycles. The number of fused-ring (bicyclic) bond motifs is 5. The van der Waals surface area contributed by atoms with Gasteiger partial charge in [-0.1, -0.05) is 42.1 Å². The fourth-order valence-electron chi connectivity index (χ4n) is 5.03. The molecule has 0 unspecified atom stereocenters. The van der Waals surface area contributed by atoms with Crippen LogP contribution >= 0.6 is 11.8 Å². The average molecular weight is 528 g/mol. The van der Waals surface area contributed by atoms with E-state index in [1.54, 1.807) is 54.6 Å². The topological polar surface area (TPSA) is 81.7 Å². The van der Waals surface area contributed by atoms with Crippen LogP contribution in [0.4, 0.5) is 4.39 Å². The van der Waals surface area contributed by atoms with Gasteiger partial charge in [0.05, 0.1) is 12.8 Å². The molecule has 2 heterocycles. The van der Waals surface area contributed by atoms with Gasteiger partial charge < -0.3 is 14.3 Å². The molecule has 0 saturated carbocycles. The first-order valence-corrected chi connectivity index (χ1v) is 12.9. The van der Waals surface area contributed by atoms with E-state index in [9.17, 15) is 19.1 Å². The SMILES string of the molecule is COc1cccc(Sc2c(O)c3c(=O)n(-c4ccccc4)c4c(c3oc2=O)CCCc2ccc(F)cc2-4)c1. The lowest BCUT2D eigenvalue weighted by Gasteiger charge is -2.20. The molecule has 1 N–H and O–H groups in total. The fourth-order valence-corrected chi connectivity index (χ4v) is 5.91. The lowest BCUT2D eigenvalue weighted by Crippen LogP contribution is -2.23. The van der Waals surface area contributed by atoms with Crippen molar-refractivity contribution in [2.45, 2.75) is 29.1 Å². The summed E-state index contributed by atoms with van der Waals surface area (Å²) >= 11 is 0.994. The molecule has 0 aliphatic heterocycles. The maximum atomic E-state index is 14.5. The first-order chi connectivity index (χ1) is 18.5. The van der Waals surface area contributed by atoms with Crippen molar-refractivity contribution in [1.29, 1.82) is 0 Å². The molecule has 1 aliphatic rings. The van der Waals surface area contributed by atoms with Crippen molar-refractivity contribution in [3.8, 4) is 28.4 Å². The highest BCUT2D eigenvalue weighted by molar-refractivity contribution is 7.99. The van der Waals surface area contributed by atoms with Crippen LogP contribution in [0.15, 0.2) is 96.6 Å². The van der Waals surface area contributed by atoms with Gasteiger partial charge in [-0.3, -0.25) is 9.36 Å². The maximum Gasteiger partial charge on any atom is 0.354 e. The van der Waals surface area contributed by atoms with Gasteiger partial charge in [0.2, 0.25) is 0 Å². The first-order valence-electron chi connectivity index (χ1n) is 12.1. The number of benzene rings is 3. The van der Waals surface area contributed by atoms with E-state index in [0.29, 0.717) is 52.4 Å². The minimum atomic E-state index is -0.759. The Bertz CT molecular complexity index is 1830. The van der Waals surface area contributed by atoms with Gasteiger partial charge in [-0.15, -0.1) is 0 Å². The summed E-state index contributed by atoms with van der Waals surface area (Å²) in [4.78, 5) is 27.9. The molecule has 2 aromatic heterocycles.